The van der Waals surface area contributed by atoms with Crippen molar-refractivity contribution in [3.8, 4) is 5.69 Å². The maximum absolute atomic E-state index is 12.4. The fourth-order valence-electron chi connectivity index (χ4n) is 2.30. The number of anilines is 1. The molecule has 0 saturated carbocycles. The van der Waals surface area contributed by atoms with Gasteiger partial charge in [0.1, 0.15) is 11.2 Å². The molecule has 2 N–H and O–H groups in total. The Kier molecular flexibility index (Phi) is 3.78. The van der Waals surface area contributed by atoms with E-state index in [0.29, 0.717) is 24.3 Å². The maximum Gasteiger partial charge on any atom is 0.266 e. The highest BCUT2D eigenvalue weighted by molar-refractivity contribution is 7.93. The van der Waals surface area contributed by atoms with Crippen LogP contribution in [0.25, 0.3) is 5.69 Å². The zero-order valence-electron chi connectivity index (χ0n) is 12.6. The fraction of sp³-hybridized carbons (Fsp3) is 0.308. The summed E-state index contributed by atoms with van der Waals surface area (Å²) in [5, 5.41) is 6.95. The van der Waals surface area contributed by atoms with Gasteiger partial charge in [-0.1, -0.05) is 0 Å². The van der Waals surface area contributed by atoms with E-state index in [2.05, 4.69) is 20.1 Å². The number of likely N-dealkylation sites (N-methyl/N-ethyl adjacent to an activating group) is 2. The number of carbonyl (C=O) groups excluding carboxylic acids is 1. The van der Waals surface area contributed by atoms with Gasteiger partial charge in [-0.15, -0.1) is 0 Å². The first-order chi connectivity index (χ1) is 10.9. The minimum atomic E-state index is -3.78. The number of aromatic nitrogens is 3. The summed E-state index contributed by atoms with van der Waals surface area (Å²) in [5.74, 6) is -0.120. The number of carbonyl (C=O) groups is 1. The molecule has 3 rings (SSSR count). The second-order valence-corrected chi connectivity index (χ2v) is 6.76. The van der Waals surface area contributed by atoms with Gasteiger partial charge >= 0.3 is 0 Å². The van der Waals surface area contributed by atoms with Crippen LogP contribution in [-0.4, -0.2) is 61.2 Å². The zero-order valence-corrected chi connectivity index (χ0v) is 13.5. The van der Waals surface area contributed by atoms with Crippen LogP contribution in [-0.2, 0) is 10.0 Å². The van der Waals surface area contributed by atoms with Crippen molar-refractivity contribution >= 4 is 21.9 Å². The molecule has 122 valence electrons. The number of nitrogens with one attached hydrogen (secondary N) is 2. The molecule has 1 aliphatic heterocycles. The molecule has 0 aliphatic carbocycles. The van der Waals surface area contributed by atoms with Crippen LogP contribution < -0.4 is 10.0 Å². The lowest BCUT2D eigenvalue weighted by molar-refractivity contribution is 0.0796. The van der Waals surface area contributed by atoms with Gasteiger partial charge in [-0.3, -0.25) is 4.79 Å². The fourth-order valence-corrected chi connectivity index (χ4v) is 3.50. The molecule has 1 aromatic carbocycles. The molecule has 0 fully saturated rings. The van der Waals surface area contributed by atoms with Crippen molar-refractivity contribution < 1.29 is 13.2 Å². The van der Waals surface area contributed by atoms with Crippen LogP contribution in [0.3, 0.4) is 0 Å². The van der Waals surface area contributed by atoms with Gasteiger partial charge in [0.05, 0.1) is 5.69 Å². The Bertz CT molecular complexity index is 860. The maximum atomic E-state index is 12.4. The zero-order chi connectivity index (χ0) is 16.6. The monoisotopic (exact) mass is 336 g/mol. The van der Waals surface area contributed by atoms with Crippen molar-refractivity contribution in [1.82, 2.24) is 25.0 Å². The topological polar surface area (TPSA) is 109 Å². The van der Waals surface area contributed by atoms with Crippen LogP contribution in [0, 0.1) is 0 Å². The van der Waals surface area contributed by atoms with Crippen LogP contribution >= 0.6 is 0 Å². The third-order valence-electron chi connectivity index (χ3n) is 3.54. The Morgan fingerprint density at radius 3 is 2.96 bits per heavy atom. The van der Waals surface area contributed by atoms with Crippen molar-refractivity contribution in [3.63, 3.8) is 0 Å². The second kappa shape index (κ2) is 5.63. The number of hydrogen-bond acceptors (Lipinski definition) is 6. The number of hydrogen-bond donors (Lipinski definition) is 2. The average molecular weight is 336 g/mol. The van der Waals surface area contributed by atoms with Gasteiger partial charge in [-0.05, 0) is 25.2 Å². The van der Waals surface area contributed by atoms with Gasteiger partial charge in [0.25, 0.3) is 15.9 Å². The van der Waals surface area contributed by atoms with Gasteiger partial charge in [0.15, 0.2) is 0 Å². The third kappa shape index (κ3) is 2.66. The van der Waals surface area contributed by atoms with Gasteiger partial charge in [-0.2, -0.15) is 14.8 Å². The molecule has 2 heterocycles. The predicted octanol–water partition coefficient (Wildman–Crippen LogP) is -0.327. The van der Waals surface area contributed by atoms with Crippen LogP contribution in [0.2, 0.25) is 0 Å². The predicted molar refractivity (Wildman–Crippen MR) is 83.1 cm³/mol. The SMILES string of the molecule is CNCCN(C)C(=O)c1ccc2c(c1)S(=O)(=O)Nc1ncnn1-2. The molecule has 1 amide bonds. The summed E-state index contributed by atoms with van der Waals surface area (Å²) in [6, 6.07) is 4.51. The van der Waals surface area contributed by atoms with E-state index < -0.39 is 10.0 Å². The Hall–Kier alpha value is -2.46. The smallest absolute Gasteiger partial charge is 0.266 e. The Labute approximate surface area is 133 Å². The molecule has 10 heteroatoms. The van der Waals surface area contributed by atoms with Crippen LogP contribution in [0.4, 0.5) is 5.95 Å². The van der Waals surface area contributed by atoms with Gasteiger partial charge in [0.2, 0.25) is 5.95 Å². The van der Waals surface area contributed by atoms with Crippen molar-refractivity contribution in [2.75, 3.05) is 31.9 Å². The van der Waals surface area contributed by atoms with E-state index in [4.69, 9.17) is 0 Å². The van der Waals surface area contributed by atoms with E-state index in [0.717, 1.165) is 0 Å². The third-order valence-corrected chi connectivity index (χ3v) is 4.90. The molecule has 0 atom stereocenters. The number of sulfonamides is 1. The lowest BCUT2D eigenvalue weighted by atomic mass is 10.2. The first kappa shape index (κ1) is 15.4. The highest BCUT2D eigenvalue weighted by Gasteiger charge is 2.30. The highest BCUT2D eigenvalue weighted by Crippen LogP contribution is 2.29. The van der Waals surface area contributed by atoms with Crippen LogP contribution in [0.15, 0.2) is 29.4 Å². The van der Waals surface area contributed by atoms with Gasteiger partial charge in [-0.25, -0.2) is 13.1 Å². The lowest BCUT2D eigenvalue weighted by Crippen LogP contribution is -2.33. The van der Waals surface area contributed by atoms with E-state index in [1.54, 1.807) is 26.2 Å². The molecule has 0 radical (unpaired) electrons. The van der Waals surface area contributed by atoms with E-state index in [1.807, 2.05) is 0 Å². The van der Waals surface area contributed by atoms with Crippen molar-refractivity contribution in [1.29, 1.82) is 0 Å². The number of nitrogens with zero attached hydrogens (tertiary/aromatic N) is 4. The van der Waals surface area contributed by atoms with Crippen molar-refractivity contribution in [2.45, 2.75) is 4.90 Å². The first-order valence-electron chi connectivity index (χ1n) is 6.91. The summed E-state index contributed by atoms with van der Waals surface area (Å²) in [6.07, 6.45) is 1.26. The summed E-state index contributed by atoms with van der Waals surface area (Å²) in [4.78, 5) is 17.8. The summed E-state index contributed by atoms with van der Waals surface area (Å²) in [6.45, 7) is 1.17. The quantitative estimate of drug-likeness (QED) is 0.791. The molecular weight excluding hydrogens is 320 g/mol. The standard InChI is InChI=1S/C13H16N6O3S/c1-14-5-6-18(2)12(20)9-3-4-10-11(7-9)23(21,22)17-13-15-8-16-19(10)13/h3-4,7-8,14H,5-6H2,1-2H3,(H,15,16,17). The number of benzene rings is 1. The van der Waals surface area contributed by atoms with Gasteiger partial charge < -0.3 is 10.2 Å². The average Bonchev–Trinajstić information content (AvgIpc) is 2.98. The summed E-state index contributed by atoms with van der Waals surface area (Å²) < 4.78 is 28.4. The minimum absolute atomic E-state index is 0.00312. The largest absolute Gasteiger partial charge is 0.340 e. The molecule has 23 heavy (non-hydrogen) atoms. The molecule has 0 saturated heterocycles. The van der Waals surface area contributed by atoms with Crippen molar-refractivity contribution in [2.24, 2.45) is 0 Å². The summed E-state index contributed by atoms with van der Waals surface area (Å²) in [7, 11) is -0.316. The highest BCUT2D eigenvalue weighted by atomic mass is 32.2. The van der Waals surface area contributed by atoms with E-state index in [1.165, 1.54) is 22.0 Å². The Morgan fingerprint density at radius 2 is 2.22 bits per heavy atom. The van der Waals surface area contributed by atoms with E-state index >= 15 is 0 Å². The summed E-state index contributed by atoms with van der Waals surface area (Å²) >= 11 is 0. The van der Waals surface area contributed by atoms with E-state index in [-0.39, 0.29) is 16.8 Å². The normalized spacial score (nSPS) is 14.5. The minimum Gasteiger partial charge on any atom is -0.340 e. The molecule has 0 bridgehead atoms. The van der Waals surface area contributed by atoms with Crippen LogP contribution in [0.1, 0.15) is 10.4 Å². The first-order valence-corrected chi connectivity index (χ1v) is 8.39. The Balaban J connectivity index is 2.01. The molecular formula is C13H16N6O3S. The van der Waals surface area contributed by atoms with Gasteiger partial charge in [0, 0.05) is 25.7 Å². The van der Waals surface area contributed by atoms with Crippen LogP contribution in [0.5, 0.6) is 0 Å². The molecule has 0 unspecified atom stereocenters. The molecule has 1 aliphatic rings. The molecule has 0 spiro atoms. The lowest BCUT2D eigenvalue weighted by Gasteiger charge is -2.21. The summed E-state index contributed by atoms with van der Waals surface area (Å²) in [5.41, 5.74) is 0.668. The molecule has 2 aromatic rings. The molecule has 9 nitrogen and oxygen atoms in total. The Morgan fingerprint density at radius 1 is 1.43 bits per heavy atom. The van der Waals surface area contributed by atoms with E-state index in [9.17, 15) is 13.2 Å². The number of amides is 1. The number of rotatable bonds is 4. The second-order valence-electron chi connectivity index (χ2n) is 5.11. The molecule has 1 aromatic heterocycles. The van der Waals surface area contributed by atoms with Crippen molar-refractivity contribution in [3.05, 3.63) is 30.1 Å². The number of fused-ring (bicyclic) bond motifs is 3.